The molecule has 0 N–H and O–H groups in total. The molecule has 0 spiro atoms. The Bertz CT molecular complexity index is 3240. The molecule has 0 aliphatic heterocycles. The van der Waals surface area contributed by atoms with Crippen molar-refractivity contribution < 1.29 is 95.5 Å². The van der Waals surface area contributed by atoms with Crippen LogP contribution in [0.25, 0.3) is 0 Å². The van der Waals surface area contributed by atoms with Crippen molar-refractivity contribution in [2.24, 2.45) is 0 Å². The molecule has 12 rings (SSSR count). The molecule has 12 aromatic carbocycles. The summed E-state index contributed by atoms with van der Waals surface area (Å²) in [6, 6.07) is 117. The summed E-state index contributed by atoms with van der Waals surface area (Å²) in [5.74, 6) is 0. The van der Waals surface area contributed by atoms with Crippen LogP contribution in [0.2, 0.25) is 0 Å². The Labute approximate surface area is 547 Å². The zero-order valence-corrected chi connectivity index (χ0v) is 56.8. The Hall–Kier alpha value is -7.56. The minimum atomic E-state index is -4.94. The molecule has 0 saturated heterocycles. The zero-order chi connectivity index (χ0) is 64.4. The van der Waals surface area contributed by atoms with Gasteiger partial charge in [0.05, 0.1) is 0 Å². The van der Waals surface area contributed by atoms with Crippen molar-refractivity contribution in [2.75, 3.05) is 0 Å². The molecular formula is C72H60Cl2O12P4Zn. The van der Waals surface area contributed by atoms with E-state index >= 15 is 0 Å². The molecule has 91 heavy (non-hydrogen) atoms. The van der Waals surface area contributed by atoms with E-state index in [1.54, 1.807) is 0 Å². The van der Waals surface area contributed by atoms with Crippen LogP contribution in [0.3, 0.4) is 0 Å². The van der Waals surface area contributed by atoms with Crippen LogP contribution in [0.5, 0.6) is 0 Å². The van der Waals surface area contributed by atoms with Gasteiger partial charge in [-0.05, 0) is 0 Å². The van der Waals surface area contributed by atoms with Gasteiger partial charge in [0, 0.05) is 63.7 Å². The largest absolute Gasteiger partial charge is 2.00 e. The average Bonchev–Trinajstić information content (AvgIpc) is 1.45. The normalized spacial score (nSPS) is 11.2. The van der Waals surface area contributed by atoms with Gasteiger partial charge in [-0.2, -0.15) is 0 Å². The predicted molar refractivity (Wildman–Crippen MR) is 343 cm³/mol. The maximum atomic E-state index is 13.8. The molecule has 12 nitrogen and oxygen atoms in total. The van der Waals surface area contributed by atoms with Crippen LogP contribution < -0.4 is 101 Å². The third-order valence-corrected chi connectivity index (χ3v) is 25.7. The Morgan fingerprint density at radius 1 is 0.154 bits per heavy atom. The molecule has 12 aromatic rings. The molecule has 0 aliphatic carbocycles. The second kappa shape index (κ2) is 35.3. The first kappa shape index (κ1) is 72.5. The van der Waals surface area contributed by atoms with Crippen molar-refractivity contribution in [3.8, 4) is 0 Å². The van der Waals surface area contributed by atoms with Gasteiger partial charge in [-0.15, -0.1) is 20.5 Å². The van der Waals surface area contributed by atoms with Crippen LogP contribution in [0.15, 0.2) is 364 Å². The molecular weight excluding hydrogens is 1320 g/mol. The van der Waals surface area contributed by atoms with E-state index in [9.17, 15) is 18.3 Å². The van der Waals surface area contributed by atoms with Crippen molar-refractivity contribution in [3.05, 3.63) is 364 Å². The van der Waals surface area contributed by atoms with E-state index in [4.69, 9.17) is 37.3 Å². The van der Waals surface area contributed by atoms with E-state index in [-0.39, 0.29) is 19.5 Å². The first-order valence-corrected chi connectivity index (χ1v) is 36.9. The first-order valence-electron chi connectivity index (χ1n) is 27.6. The standard InChI is InChI=1S/4C18H15OP.2ClHO4.Zn/c4*19-20(16-10-4-1-5-11-16,17-12-6-2-7-13-17)18-14-8-3-9-15-18;2*2-1(3,4)5;/h4*1-15H;2*(H,2,3,4,5);/q;;;;;;+2/p-2. The second-order valence-electron chi connectivity index (χ2n) is 19.2. The summed E-state index contributed by atoms with van der Waals surface area (Å²) >= 11 is 0. The third-order valence-electron chi connectivity index (χ3n) is 13.4. The summed E-state index contributed by atoms with van der Waals surface area (Å²) in [4.78, 5) is 0. The summed E-state index contributed by atoms with van der Waals surface area (Å²) in [6.45, 7) is 0. The maximum Gasteiger partial charge on any atom is 2.00 e. The molecule has 0 fully saturated rings. The molecule has 0 amide bonds. The number of rotatable bonds is 12. The van der Waals surface area contributed by atoms with Crippen LogP contribution in [-0.4, -0.2) is 0 Å². The van der Waals surface area contributed by atoms with Gasteiger partial charge in [0.2, 0.25) is 0 Å². The SMILES string of the molecule is O=P(c1ccccc1)(c1ccccc1)c1ccccc1.O=P(c1ccccc1)(c1ccccc1)c1ccccc1.O=P(c1ccccc1)(c1ccccc1)c1ccccc1.O=P(c1ccccc1)(c1ccccc1)c1ccccc1.[O-][Cl+3]([O-])([O-])[O-].[O-][Cl+3]([O-])([O-])[O-].[Zn+2]. The molecule has 0 aromatic heterocycles. The Balaban J connectivity index is 0.000000183. The van der Waals surface area contributed by atoms with E-state index in [1.165, 1.54) is 0 Å². The Morgan fingerprint density at radius 3 is 0.264 bits per heavy atom. The van der Waals surface area contributed by atoms with Crippen molar-refractivity contribution >= 4 is 92.2 Å². The number of halogens is 2. The van der Waals surface area contributed by atoms with Crippen molar-refractivity contribution in [2.45, 2.75) is 0 Å². The van der Waals surface area contributed by atoms with Crippen LogP contribution in [0, 0.1) is 20.5 Å². The number of hydrogen-bond acceptors (Lipinski definition) is 12. The van der Waals surface area contributed by atoms with Gasteiger partial charge in [0.15, 0.2) is 28.6 Å². The van der Waals surface area contributed by atoms with Gasteiger partial charge < -0.3 is 18.3 Å². The molecule has 0 saturated carbocycles. The first-order chi connectivity index (χ1) is 43.3. The molecule has 0 radical (unpaired) electrons. The number of benzene rings is 12. The third kappa shape index (κ3) is 20.7. The molecule has 456 valence electrons. The van der Waals surface area contributed by atoms with E-state index < -0.39 is 49.1 Å². The molecule has 0 heterocycles. The molecule has 0 unspecified atom stereocenters. The summed E-state index contributed by atoms with van der Waals surface area (Å²) in [5, 5.41) is 10.5. The van der Waals surface area contributed by atoms with Gasteiger partial charge in [-0.25, -0.2) is 37.3 Å². The van der Waals surface area contributed by atoms with Crippen LogP contribution in [0.4, 0.5) is 0 Å². The fraction of sp³-hybridized carbons (Fsp3) is 0. The van der Waals surface area contributed by atoms with Gasteiger partial charge in [-0.3, -0.25) is 0 Å². The smallest absolute Gasteiger partial charge is 0.309 e. The molecule has 0 aliphatic rings. The monoisotopic (exact) mass is 1370 g/mol. The summed E-state index contributed by atoms with van der Waals surface area (Å²) < 4.78 is 123. The molecule has 0 atom stereocenters. The van der Waals surface area contributed by atoms with Crippen molar-refractivity contribution in [3.63, 3.8) is 0 Å². The average molecular weight is 1380 g/mol. The van der Waals surface area contributed by atoms with E-state index in [1.807, 2.05) is 364 Å². The van der Waals surface area contributed by atoms with Gasteiger partial charge in [-0.1, -0.05) is 364 Å². The topological polar surface area (TPSA) is 253 Å². The summed E-state index contributed by atoms with van der Waals surface area (Å²) in [7, 11) is -21.0. The summed E-state index contributed by atoms with van der Waals surface area (Å²) in [5.41, 5.74) is 0. The van der Waals surface area contributed by atoms with Gasteiger partial charge >= 0.3 is 19.5 Å². The predicted octanol–water partition coefficient (Wildman–Crippen LogP) is 3.79. The van der Waals surface area contributed by atoms with E-state index in [0.717, 1.165) is 63.7 Å². The van der Waals surface area contributed by atoms with Crippen LogP contribution in [-0.2, 0) is 37.7 Å². The Morgan fingerprint density at radius 2 is 0.209 bits per heavy atom. The fourth-order valence-electron chi connectivity index (χ4n) is 9.44. The fourth-order valence-corrected chi connectivity index (χ4v) is 20.1. The quantitative estimate of drug-likeness (QED) is 0.125. The minimum absolute atomic E-state index is 0. The summed E-state index contributed by atoms with van der Waals surface area (Å²) in [6.07, 6.45) is 0. The van der Waals surface area contributed by atoms with E-state index in [0.29, 0.717) is 0 Å². The van der Waals surface area contributed by atoms with Crippen molar-refractivity contribution in [1.82, 2.24) is 0 Å². The zero-order valence-electron chi connectivity index (χ0n) is 48.8. The van der Waals surface area contributed by atoms with Gasteiger partial charge in [0.1, 0.15) is 0 Å². The van der Waals surface area contributed by atoms with E-state index in [2.05, 4.69) is 0 Å². The Kier molecular flexibility index (Phi) is 28.1. The van der Waals surface area contributed by atoms with Crippen LogP contribution in [0.1, 0.15) is 0 Å². The molecule has 0 bridgehead atoms. The molecule has 19 heteroatoms. The van der Waals surface area contributed by atoms with Gasteiger partial charge in [0.25, 0.3) is 0 Å². The maximum absolute atomic E-state index is 13.8. The minimum Gasteiger partial charge on any atom is -0.309 e. The van der Waals surface area contributed by atoms with Crippen LogP contribution >= 0.6 is 28.6 Å². The number of hydrogen-bond donors (Lipinski definition) is 0. The van der Waals surface area contributed by atoms with Crippen molar-refractivity contribution in [1.29, 1.82) is 0 Å². The second-order valence-corrected chi connectivity index (χ2v) is 31.8.